The molecule has 0 spiro atoms. The Morgan fingerprint density at radius 1 is 1.23 bits per heavy atom. The van der Waals surface area contributed by atoms with Crippen LogP contribution in [0.5, 0.6) is 0 Å². The van der Waals surface area contributed by atoms with Gasteiger partial charge in [0, 0.05) is 18.8 Å². The van der Waals surface area contributed by atoms with Gasteiger partial charge in [-0.3, -0.25) is 14.2 Å². The number of para-hydroxylation sites is 2. The van der Waals surface area contributed by atoms with Crippen LogP contribution in [0.25, 0.3) is 10.9 Å². The Balaban J connectivity index is 1.66. The molecule has 31 heavy (non-hydrogen) atoms. The summed E-state index contributed by atoms with van der Waals surface area (Å²) in [6.45, 7) is 5.58. The number of carbonyl (C=O) groups excluding carboxylic acids is 1. The second-order valence-electron chi connectivity index (χ2n) is 7.64. The second kappa shape index (κ2) is 9.66. The van der Waals surface area contributed by atoms with Gasteiger partial charge in [-0.25, -0.2) is 4.98 Å². The normalized spacial score (nSPS) is 17.0. The first kappa shape index (κ1) is 21.6. The maximum absolute atomic E-state index is 13.3. The molecular weight excluding hydrogens is 410 g/mol. The summed E-state index contributed by atoms with van der Waals surface area (Å²) in [5.41, 5.74) is 1.43. The molecule has 1 saturated heterocycles. The van der Waals surface area contributed by atoms with Gasteiger partial charge in [-0.05, 0) is 51.0 Å². The first-order chi connectivity index (χ1) is 15.1. The lowest BCUT2D eigenvalue weighted by Crippen LogP contribution is -2.37. The average molecular weight is 438 g/mol. The van der Waals surface area contributed by atoms with Gasteiger partial charge in [0.1, 0.15) is 0 Å². The number of hydrogen-bond donors (Lipinski definition) is 0. The van der Waals surface area contributed by atoms with E-state index in [1.165, 1.54) is 11.8 Å². The molecule has 1 amide bonds. The van der Waals surface area contributed by atoms with Crippen molar-refractivity contribution in [1.29, 1.82) is 0 Å². The van der Waals surface area contributed by atoms with Crippen LogP contribution in [0.15, 0.2) is 64.5 Å². The molecule has 2 heterocycles. The highest BCUT2D eigenvalue weighted by Gasteiger charge is 2.26. The molecule has 0 N–H and O–H groups in total. The summed E-state index contributed by atoms with van der Waals surface area (Å²) in [7, 11) is 0. The maximum atomic E-state index is 13.3. The van der Waals surface area contributed by atoms with Crippen molar-refractivity contribution >= 4 is 34.3 Å². The van der Waals surface area contributed by atoms with Gasteiger partial charge in [0.25, 0.3) is 5.56 Å². The summed E-state index contributed by atoms with van der Waals surface area (Å²) < 4.78 is 7.46. The molecule has 0 bridgehead atoms. The van der Waals surface area contributed by atoms with E-state index in [9.17, 15) is 9.59 Å². The Morgan fingerprint density at radius 3 is 2.68 bits per heavy atom. The molecular formula is C24H27N3O3S. The number of benzene rings is 2. The maximum Gasteiger partial charge on any atom is 0.262 e. The quantitative estimate of drug-likeness (QED) is 0.411. The highest BCUT2D eigenvalue weighted by Crippen LogP contribution is 2.27. The minimum absolute atomic E-state index is 0.00230. The molecule has 0 aliphatic carbocycles. The Hall–Kier alpha value is -2.64. The van der Waals surface area contributed by atoms with Crippen molar-refractivity contribution in [2.75, 3.05) is 18.1 Å². The Bertz CT molecular complexity index is 1110. The van der Waals surface area contributed by atoms with Crippen LogP contribution >= 0.6 is 11.8 Å². The Labute approximate surface area is 186 Å². The van der Waals surface area contributed by atoms with E-state index in [0.717, 1.165) is 25.1 Å². The predicted octanol–water partition coefficient (Wildman–Crippen LogP) is 4.11. The molecule has 1 aliphatic rings. The zero-order valence-electron chi connectivity index (χ0n) is 17.9. The summed E-state index contributed by atoms with van der Waals surface area (Å²) in [5.74, 6) is -0.00947. The molecule has 3 aromatic rings. The fourth-order valence-corrected chi connectivity index (χ4v) is 4.87. The number of aromatic nitrogens is 2. The van der Waals surface area contributed by atoms with Crippen LogP contribution in [0.4, 0.5) is 5.69 Å². The van der Waals surface area contributed by atoms with Gasteiger partial charge < -0.3 is 9.64 Å². The van der Waals surface area contributed by atoms with Gasteiger partial charge in [0.05, 0.1) is 28.8 Å². The van der Waals surface area contributed by atoms with Crippen molar-refractivity contribution in [2.45, 2.75) is 49.7 Å². The molecule has 1 aromatic heterocycles. The van der Waals surface area contributed by atoms with Crippen LogP contribution in [0, 0.1) is 0 Å². The molecule has 2 aromatic carbocycles. The summed E-state index contributed by atoms with van der Waals surface area (Å²) in [6.07, 6.45) is 1.93. The highest BCUT2D eigenvalue weighted by molar-refractivity contribution is 8.00. The number of anilines is 1. The van der Waals surface area contributed by atoms with Crippen molar-refractivity contribution in [2.24, 2.45) is 0 Å². The lowest BCUT2D eigenvalue weighted by Gasteiger charge is -2.25. The van der Waals surface area contributed by atoms with Gasteiger partial charge in [-0.1, -0.05) is 42.1 Å². The van der Waals surface area contributed by atoms with E-state index in [-0.39, 0.29) is 17.6 Å². The molecule has 0 saturated carbocycles. The second-order valence-corrected chi connectivity index (χ2v) is 8.95. The van der Waals surface area contributed by atoms with Crippen molar-refractivity contribution in [3.05, 3.63) is 65.0 Å². The number of hydrogen-bond acceptors (Lipinski definition) is 5. The molecule has 162 valence electrons. The minimum Gasteiger partial charge on any atom is -0.376 e. The fourth-order valence-electron chi connectivity index (χ4n) is 3.89. The molecule has 6 nitrogen and oxygen atoms in total. The van der Waals surface area contributed by atoms with Gasteiger partial charge in [0.2, 0.25) is 5.91 Å². The fraction of sp³-hybridized carbons (Fsp3) is 0.375. The van der Waals surface area contributed by atoms with E-state index >= 15 is 0 Å². The van der Waals surface area contributed by atoms with Gasteiger partial charge in [-0.2, -0.15) is 0 Å². The van der Waals surface area contributed by atoms with Gasteiger partial charge in [-0.15, -0.1) is 0 Å². The predicted molar refractivity (Wildman–Crippen MR) is 125 cm³/mol. The van der Waals surface area contributed by atoms with Gasteiger partial charge in [0.15, 0.2) is 5.16 Å². The van der Waals surface area contributed by atoms with E-state index in [4.69, 9.17) is 9.72 Å². The van der Waals surface area contributed by atoms with E-state index in [1.54, 1.807) is 15.5 Å². The van der Waals surface area contributed by atoms with Crippen molar-refractivity contribution < 1.29 is 9.53 Å². The van der Waals surface area contributed by atoms with Crippen LogP contribution in [0.1, 0.15) is 26.7 Å². The number of carbonyl (C=O) groups is 1. The van der Waals surface area contributed by atoms with Crippen LogP contribution in [-0.4, -0.2) is 40.0 Å². The molecule has 0 unspecified atom stereocenters. The van der Waals surface area contributed by atoms with Crippen LogP contribution in [0.2, 0.25) is 0 Å². The Morgan fingerprint density at radius 2 is 1.97 bits per heavy atom. The van der Waals surface area contributed by atoms with E-state index in [0.29, 0.717) is 29.1 Å². The zero-order valence-corrected chi connectivity index (χ0v) is 18.7. The molecule has 4 rings (SSSR count). The third-order valence-electron chi connectivity index (χ3n) is 5.52. The van der Waals surface area contributed by atoms with Gasteiger partial charge >= 0.3 is 0 Å². The number of thioether (sulfide) groups is 1. The van der Waals surface area contributed by atoms with Crippen LogP contribution in [0.3, 0.4) is 0 Å². The van der Waals surface area contributed by atoms with Crippen molar-refractivity contribution in [3.8, 4) is 0 Å². The third-order valence-corrected chi connectivity index (χ3v) is 6.59. The monoisotopic (exact) mass is 437 g/mol. The minimum atomic E-state index is -0.399. The summed E-state index contributed by atoms with van der Waals surface area (Å²) >= 11 is 1.33. The number of ether oxygens (including phenoxy) is 1. The number of rotatable bonds is 7. The molecule has 2 atom stereocenters. The highest BCUT2D eigenvalue weighted by atomic mass is 32.2. The Kier molecular flexibility index (Phi) is 6.73. The smallest absolute Gasteiger partial charge is 0.262 e. The SMILES string of the molecule is CCN(C(=O)[C@H](C)Sc1nc2ccccc2c(=O)n1C[C@H]1CCCO1)c1ccccc1. The van der Waals surface area contributed by atoms with Crippen molar-refractivity contribution in [1.82, 2.24) is 9.55 Å². The first-order valence-electron chi connectivity index (χ1n) is 10.7. The lowest BCUT2D eigenvalue weighted by atomic mass is 10.2. The summed E-state index contributed by atoms with van der Waals surface area (Å²) in [4.78, 5) is 33.0. The number of fused-ring (bicyclic) bond motifs is 1. The molecule has 1 fully saturated rings. The van der Waals surface area contributed by atoms with E-state index in [2.05, 4.69) is 0 Å². The summed E-state index contributed by atoms with van der Waals surface area (Å²) in [5, 5.41) is 0.747. The number of nitrogens with zero attached hydrogens (tertiary/aromatic N) is 3. The average Bonchev–Trinajstić information content (AvgIpc) is 3.31. The summed E-state index contributed by atoms with van der Waals surface area (Å²) in [6, 6.07) is 17.0. The largest absolute Gasteiger partial charge is 0.376 e. The zero-order chi connectivity index (χ0) is 21.8. The van der Waals surface area contributed by atoms with Crippen molar-refractivity contribution in [3.63, 3.8) is 0 Å². The first-order valence-corrected chi connectivity index (χ1v) is 11.6. The van der Waals surface area contributed by atoms with Crippen LogP contribution in [-0.2, 0) is 16.1 Å². The van der Waals surface area contributed by atoms with E-state index < -0.39 is 5.25 Å². The third kappa shape index (κ3) is 4.67. The number of amides is 1. The molecule has 0 radical (unpaired) electrons. The van der Waals surface area contributed by atoms with E-state index in [1.807, 2.05) is 62.4 Å². The topological polar surface area (TPSA) is 64.4 Å². The standard InChI is InChI=1S/C24H27N3O3S/c1-3-26(18-10-5-4-6-11-18)22(28)17(2)31-24-25-21-14-8-7-13-20(21)23(29)27(24)16-19-12-9-15-30-19/h4-8,10-11,13-14,17,19H,3,9,12,15-16H2,1-2H3/t17-,19+/m0/s1. The van der Waals surface area contributed by atoms with Crippen LogP contribution < -0.4 is 10.5 Å². The lowest BCUT2D eigenvalue weighted by molar-refractivity contribution is -0.117. The molecule has 1 aliphatic heterocycles. The molecule has 7 heteroatoms.